The van der Waals surface area contributed by atoms with Crippen molar-refractivity contribution in [3.63, 3.8) is 0 Å². The molecule has 3 heterocycles. The molecule has 0 saturated heterocycles. The lowest BCUT2D eigenvalue weighted by molar-refractivity contribution is -0.146. The molecule has 0 saturated carbocycles. The first-order valence-electron chi connectivity index (χ1n) is 9.06. The Labute approximate surface area is 180 Å². The van der Waals surface area contributed by atoms with E-state index in [9.17, 15) is 9.59 Å². The number of nitrogens with zero attached hydrogens (tertiary/aromatic N) is 2. The summed E-state index contributed by atoms with van der Waals surface area (Å²) in [6.45, 7) is 1.32. The lowest BCUT2D eigenvalue weighted by atomic mass is 10.2. The van der Waals surface area contributed by atoms with Crippen LogP contribution >= 0.6 is 22.7 Å². The summed E-state index contributed by atoms with van der Waals surface area (Å²) in [4.78, 5) is 30.9. The molecule has 0 aliphatic heterocycles. The van der Waals surface area contributed by atoms with Crippen molar-refractivity contribution < 1.29 is 18.8 Å². The van der Waals surface area contributed by atoms with E-state index in [0.29, 0.717) is 5.76 Å². The second-order valence-corrected chi connectivity index (χ2v) is 8.37. The Morgan fingerprint density at radius 3 is 2.70 bits per heavy atom. The lowest BCUT2D eigenvalue weighted by Crippen LogP contribution is -2.21. The molecular weight excluding hydrogens is 422 g/mol. The fourth-order valence-corrected chi connectivity index (χ4v) is 4.59. The van der Waals surface area contributed by atoms with E-state index >= 15 is 0 Å². The molecule has 0 bridgehead atoms. The minimum absolute atomic E-state index is 0.0358. The van der Waals surface area contributed by atoms with Gasteiger partial charge in [-0.05, 0) is 18.4 Å². The van der Waals surface area contributed by atoms with E-state index in [0.717, 1.165) is 26.0 Å². The van der Waals surface area contributed by atoms with Gasteiger partial charge in [-0.15, -0.1) is 22.7 Å². The van der Waals surface area contributed by atoms with E-state index in [1.165, 1.54) is 11.3 Å². The molecule has 0 unspecified atom stereocenters. The number of ether oxygens (including phenoxy) is 1. The number of carbonyl (C=O) groups excluding carboxylic acids is 2. The molecule has 9 heteroatoms. The predicted octanol–water partition coefficient (Wildman–Crippen LogP) is 4.56. The van der Waals surface area contributed by atoms with E-state index in [1.54, 1.807) is 24.3 Å². The first kappa shape index (κ1) is 20.0. The highest BCUT2D eigenvalue weighted by atomic mass is 32.1. The number of carbonyl (C=O) groups is 2. The topological polar surface area (TPSA) is 94.3 Å². The maximum absolute atomic E-state index is 12.4. The van der Waals surface area contributed by atoms with Crippen LogP contribution in [0.4, 0.5) is 5.82 Å². The van der Waals surface area contributed by atoms with Gasteiger partial charge < -0.3 is 14.6 Å². The SMILES string of the molecule is Cc1cc(NC(=O)COC(=O)Cc2sc(-c3ccccc3)nc2-c2cccs2)no1. The Bertz CT molecular complexity index is 1150. The molecule has 30 heavy (non-hydrogen) atoms. The summed E-state index contributed by atoms with van der Waals surface area (Å²) >= 11 is 3.01. The molecule has 0 fully saturated rings. The Morgan fingerprint density at radius 1 is 1.17 bits per heavy atom. The van der Waals surface area contributed by atoms with E-state index in [4.69, 9.17) is 14.2 Å². The Balaban J connectivity index is 1.44. The van der Waals surface area contributed by atoms with Gasteiger partial charge in [0.15, 0.2) is 12.4 Å². The molecule has 0 atom stereocenters. The van der Waals surface area contributed by atoms with Gasteiger partial charge in [0.05, 0.1) is 17.0 Å². The van der Waals surface area contributed by atoms with Gasteiger partial charge in [0, 0.05) is 16.5 Å². The molecule has 4 aromatic rings. The van der Waals surface area contributed by atoms with Crippen molar-refractivity contribution in [1.82, 2.24) is 10.1 Å². The minimum atomic E-state index is -0.498. The van der Waals surface area contributed by atoms with Gasteiger partial charge in [-0.1, -0.05) is 41.6 Å². The fraction of sp³-hybridized carbons (Fsp3) is 0.143. The Hall–Kier alpha value is -3.30. The normalized spacial score (nSPS) is 10.7. The highest BCUT2D eigenvalue weighted by molar-refractivity contribution is 7.17. The van der Waals surface area contributed by atoms with E-state index in [-0.39, 0.29) is 12.2 Å². The summed E-state index contributed by atoms with van der Waals surface area (Å²) < 4.78 is 10.0. The van der Waals surface area contributed by atoms with Gasteiger partial charge >= 0.3 is 5.97 Å². The van der Waals surface area contributed by atoms with E-state index in [2.05, 4.69) is 10.5 Å². The summed E-state index contributed by atoms with van der Waals surface area (Å²) in [5.41, 5.74) is 1.76. The quantitative estimate of drug-likeness (QED) is 0.424. The molecule has 1 aromatic carbocycles. The van der Waals surface area contributed by atoms with Crippen LogP contribution in [0.15, 0.2) is 58.4 Å². The third kappa shape index (κ3) is 4.81. The number of thiazole rings is 1. The molecule has 7 nitrogen and oxygen atoms in total. The van der Waals surface area contributed by atoms with Crippen LogP contribution < -0.4 is 5.32 Å². The van der Waals surface area contributed by atoms with Crippen molar-refractivity contribution in [2.24, 2.45) is 0 Å². The third-order valence-electron chi connectivity index (χ3n) is 4.04. The average Bonchev–Trinajstić information content (AvgIpc) is 3.48. The van der Waals surface area contributed by atoms with Gasteiger partial charge in [-0.25, -0.2) is 4.98 Å². The largest absolute Gasteiger partial charge is 0.455 e. The fourth-order valence-electron chi connectivity index (χ4n) is 2.71. The number of anilines is 1. The Morgan fingerprint density at radius 2 is 2.00 bits per heavy atom. The number of esters is 1. The number of benzene rings is 1. The monoisotopic (exact) mass is 439 g/mol. The highest BCUT2D eigenvalue weighted by Crippen LogP contribution is 2.36. The maximum atomic E-state index is 12.4. The number of nitrogens with one attached hydrogen (secondary N) is 1. The maximum Gasteiger partial charge on any atom is 0.311 e. The molecule has 0 spiro atoms. The average molecular weight is 440 g/mol. The summed E-state index contributed by atoms with van der Waals surface area (Å²) in [6, 6.07) is 15.3. The molecule has 1 amide bonds. The van der Waals surface area contributed by atoms with E-state index < -0.39 is 18.5 Å². The molecule has 0 aliphatic carbocycles. The zero-order valence-electron chi connectivity index (χ0n) is 16.0. The van der Waals surface area contributed by atoms with Crippen LogP contribution in [0.25, 0.3) is 21.1 Å². The second-order valence-electron chi connectivity index (χ2n) is 6.34. The molecule has 3 aromatic heterocycles. The van der Waals surface area contributed by atoms with Crippen LogP contribution in [-0.2, 0) is 20.7 Å². The number of rotatable bonds is 7. The molecule has 0 aliphatic rings. The molecular formula is C21H17N3O4S2. The first-order valence-corrected chi connectivity index (χ1v) is 10.8. The summed E-state index contributed by atoms with van der Waals surface area (Å²) in [5, 5.41) is 8.98. The molecule has 1 N–H and O–H groups in total. The second kappa shape index (κ2) is 9.02. The number of amides is 1. The van der Waals surface area contributed by atoms with Crippen LogP contribution in [0.5, 0.6) is 0 Å². The van der Waals surface area contributed by atoms with Crippen molar-refractivity contribution in [3.05, 3.63) is 64.5 Å². The van der Waals surface area contributed by atoms with Crippen molar-refractivity contribution >= 4 is 40.4 Å². The van der Waals surface area contributed by atoms with Gasteiger partial charge in [0.1, 0.15) is 10.8 Å². The molecule has 152 valence electrons. The van der Waals surface area contributed by atoms with Crippen LogP contribution in [0.2, 0.25) is 0 Å². The Kier molecular flexibility index (Phi) is 6.01. The first-order chi connectivity index (χ1) is 14.6. The van der Waals surface area contributed by atoms with Crippen LogP contribution in [-0.4, -0.2) is 28.6 Å². The zero-order valence-corrected chi connectivity index (χ0v) is 17.6. The van der Waals surface area contributed by atoms with Crippen LogP contribution in [0, 0.1) is 6.92 Å². The minimum Gasteiger partial charge on any atom is -0.455 e. The van der Waals surface area contributed by atoms with Crippen molar-refractivity contribution in [3.8, 4) is 21.1 Å². The van der Waals surface area contributed by atoms with Gasteiger partial charge in [-0.2, -0.15) is 0 Å². The number of aryl methyl sites for hydroxylation is 1. The lowest BCUT2D eigenvalue weighted by Gasteiger charge is -2.04. The number of aromatic nitrogens is 2. The number of hydrogen-bond donors (Lipinski definition) is 1. The smallest absolute Gasteiger partial charge is 0.311 e. The van der Waals surface area contributed by atoms with Crippen molar-refractivity contribution in [2.75, 3.05) is 11.9 Å². The molecule has 0 radical (unpaired) electrons. The van der Waals surface area contributed by atoms with Crippen molar-refractivity contribution in [2.45, 2.75) is 13.3 Å². The standard InChI is InChI=1S/C21H17N3O4S2/c1-13-10-17(24-28-13)22-18(25)12-27-19(26)11-16-20(15-8-5-9-29-15)23-21(30-16)14-6-3-2-4-7-14/h2-10H,11-12H2,1H3,(H,22,24,25). The van der Waals surface area contributed by atoms with Crippen LogP contribution in [0.3, 0.4) is 0 Å². The highest BCUT2D eigenvalue weighted by Gasteiger charge is 2.19. The van der Waals surface area contributed by atoms with Gasteiger partial charge in [-0.3, -0.25) is 9.59 Å². The molecule has 4 rings (SSSR count). The van der Waals surface area contributed by atoms with Crippen molar-refractivity contribution in [1.29, 1.82) is 0 Å². The van der Waals surface area contributed by atoms with Gasteiger partial charge in [0.25, 0.3) is 5.91 Å². The van der Waals surface area contributed by atoms with Gasteiger partial charge in [0.2, 0.25) is 0 Å². The third-order valence-corrected chi connectivity index (χ3v) is 6.02. The summed E-state index contributed by atoms with van der Waals surface area (Å²) in [5.74, 6) is -0.127. The summed E-state index contributed by atoms with van der Waals surface area (Å²) in [7, 11) is 0. The predicted molar refractivity (Wildman–Crippen MR) is 115 cm³/mol. The zero-order chi connectivity index (χ0) is 20.9. The number of thiophene rings is 1. The van der Waals surface area contributed by atoms with Crippen LogP contribution in [0.1, 0.15) is 10.6 Å². The number of hydrogen-bond acceptors (Lipinski definition) is 8. The summed E-state index contributed by atoms with van der Waals surface area (Å²) in [6.07, 6.45) is 0.0358. The van der Waals surface area contributed by atoms with E-state index in [1.807, 2.05) is 47.8 Å².